The third-order valence-electron chi connectivity index (χ3n) is 10.7. The van der Waals surface area contributed by atoms with Crippen molar-refractivity contribution in [2.75, 3.05) is 0 Å². The van der Waals surface area contributed by atoms with Crippen LogP contribution in [-0.2, 0) is 21.7 Å². The van der Waals surface area contributed by atoms with E-state index >= 15 is 0 Å². The fourth-order valence-electron chi connectivity index (χ4n) is 7.66. The highest BCUT2D eigenvalue weighted by Gasteiger charge is 2.36. The molecule has 256 valence electrons. The minimum atomic E-state index is 0.0248. The summed E-state index contributed by atoms with van der Waals surface area (Å²) in [6.45, 7) is 29.0. The second-order valence-electron chi connectivity index (χ2n) is 16.8. The van der Waals surface area contributed by atoms with Crippen molar-refractivity contribution in [2.45, 2.75) is 207 Å². The van der Waals surface area contributed by atoms with Gasteiger partial charge in [0.25, 0.3) is 0 Å². The van der Waals surface area contributed by atoms with Gasteiger partial charge in [-0.3, -0.25) is 0 Å². The molecule has 0 heterocycles. The molecule has 0 amide bonds. The molecule has 0 N–H and O–H groups in total. The van der Waals surface area contributed by atoms with Crippen molar-refractivity contribution in [1.29, 1.82) is 0 Å². The van der Waals surface area contributed by atoms with E-state index < -0.39 is 0 Å². The number of ether oxygens (including phenoxy) is 1. The maximum Gasteiger partial charge on any atom is 0.131 e. The van der Waals surface area contributed by atoms with E-state index in [2.05, 4.69) is 119 Å². The molecule has 45 heavy (non-hydrogen) atoms. The van der Waals surface area contributed by atoms with Crippen molar-refractivity contribution < 1.29 is 4.74 Å². The van der Waals surface area contributed by atoms with E-state index in [1.807, 2.05) is 0 Å². The zero-order chi connectivity index (χ0) is 33.7. The van der Waals surface area contributed by atoms with Crippen LogP contribution in [0.3, 0.4) is 0 Å². The highest BCUT2D eigenvalue weighted by atomic mass is 16.5. The molecule has 0 spiro atoms. The molecule has 2 aromatic carbocycles. The maximum atomic E-state index is 7.35. The van der Waals surface area contributed by atoms with Crippen molar-refractivity contribution >= 4 is 0 Å². The van der Waals surface area contributed by atoms with E-state index in [9.17, 15) is 0 Å². The van der Waals surface area contributed by atoms with Gasteiger partial charge in [0.15, 0.2) is 0 Å². The summed E-state index contributed by atoms with van der Waals surface area (Å²) in [7, 11) is 0. The van der Waals surface area contributed by atoms with Crippen LogP contribution < -0.4 is 4.74 Å². The first kappa shape index (κ1) is 39.4. The zero-order valence-electron chi connectivity index (χ0n) is 32.2. The van der Waals surface area contributed by atoms with Gasteiger partial charge in [-0.05, 0) is 70.6 Å². The molecule has 0 fully saturated rings. The molecule has 0 saturated heterocycles. The molecular formula is C44H74O. The summed E-state index contributed by atoms with van der Waals surface area (Å²) in [6.07, 6.45) is 20.0. The van der Waals surface area contributed by atoms with Crippen molar-refractivity contribution in [3.8, 4) is 11.5 Å². The van der Waals surface area contributed by atoms with Crippen LogP contribution in [0, 0.1) is 0 Å². The van der Waals surface area contributed by atoms with Crippen molar-refractivity contribution in [3.63, 3.8) is 0 Å². The van der Waals surface area contributed by atoms with Crippen LogP contribution in [0.5, 0.6) is 11.5 Å². The lowest BCUT2D eigenvalue weighted by molar-refractivity contribution is 0.369. The third-order valence-corrected chi connectivity index (χ3v) is 10.7. The van der Waals surface area contributed by atoms with E-state index in [0.717, 1.165) is 11.5 Å². The Labute approximate surface area is 281 Å². The lowest BCUT2D eigenvalue weighted by Crippen LogP contribution is -2.28. The maximum absolute atomic E-state index is 7.35. The van der Waals surface area contributed by atoms with Crippen LogP contribution in [0.1, 0.15) is 208 Å². The van der Waals surface area contributed by atoms with Gasteiger partial charge in [-0.15, -0.1) is 0 Å². The summed E-state index contributed by atoms with van der Waals surface area (Å²) >= 11 is 0. The quantitative estimate of drug-likeness (QED) is 0.119. The van der Waals surface area contributed by atoms with Crippen LogP contribution in [0.25, 0.3) is 0 Å². The Hall–Kier alpha value is -1.76. The predicted octanol–water partition coefficient (Wildman–Crippen LogP) is 14.9. The summed E-state index contributed by atoms with van der Waals surface area (Å²) < 4.78 is 7.35. The molecule has 1 nitrogen and oxygen atoms in total. The van der Waals surface area contributed by atoms with Crippen LogP contribution in [0.15, 0.2) is 36.4 Å². The molecule has 0 saturated carbocycles. The van der Waals surface area contributed by atoms with Crippen LogP contribution in [0.2, 0.25) is 0 Å². The fourth-order valence-corrected chi connectivity index (χ4v) is 7.66. The molecular weight excluding hydrogens is 544 g/mol. The van der Waals surface area contributed by atoms with Gasteiger partial charge in [0.2, 0.25) is 0 Å². The molecule has 0 aromatic heterocycles. The highest BCUT2D eigenvalue weighted by molar-refractivity contribution is 5.54. The smallest absolute Gasteiger partial charge is 0.131 e. The number of hydrogen-bond acceptors (Lipinski definition) is 1. The summed E-state index contributed by atoms with van der Waals surface area (Å²) in [5.74, 6) is 2.15. The second kappa shape index (κ2) is 18.0. The number of rotatable bonds is 22. The first-order valence-corrected chi connectivity index (χ1v) is 19.1. The Morgan fingerprint density at radius 3 is 0.978 bits per heavy atom. The van der Waals surface area contributed by atoms with Crippen LogP contribution >= 0.6 is 0 Å². The minimum Gasteiger partial charge on any atom is -0.457 e. The third kappa shape index (κ3) is 11.2. The number of benzene rings is 2. The predicted molar refractivity (Wildman–Crippen MR) is 202 cm³/mol. The molecule has 0 unspecified atom stereocenters. The van der Waals surface area contributed by atoms with E-state index in [0.29, 0.717) is 0 Å². The van der Waals surface area contributed by atoms with Gasteiger partial charge in [0.1, 0.15) is 11.5 Å². The fraction of sp³-hybridized carbons (Fsp3) is 0.727. The van der Waals surface area contributed by atoms with Gasteiger partial charge in [0.05, 0.1) is 0 Å². The summed E-state index contributed by atoms with van der Waals surface area (Å²) in [5, 5.41) is 0. The highest BCUT2D eigenvalue weighted by Crippen LogP contribution is 2.49. The van der Waals surface area contributed by atoms with Gasteiger partial charge in [-0.1, -0.05) is 184 Å². The van der Waals surface area contributed by atoms with Crippen molar-refractivity contribution in [3.05, 3.63) is 58.7 Å². The largest absolute Gasteiger partial charge is 0.457 e. The van der Waals surface area contributed by atoms with Gasteiger partial charge >= 0.3 is 0 Å². The molecule has 1 heteroatoms. The van der Waals surface area contributed by atoms with Gasteiger partial charge < -0.3 is 4.74 Å². The molecule has 0 bridgehead atoms. The molecule has 2 rings (SSSR count). The zero-order valence-corrected chi connectivity index (χ0v) is 32.2. The van der Waals surface area contributed by atoms with Crippen LogP contribution in [0.4, 0.5) is 0 Å². The van der Waals surface area contributed by atoms with Crippen molar-refractivity contribution in [1.82, 2.24) is 0 Å². The van der Waals surface area contributed by atoms with Crippen molar-refractivity contribution in [2.24, 2.45) is 0 Å². The molecule has 0 aliphatic heterocycles. The topological polar surface area (TPSA) is 9.23 Å². The molecule has 0 atom stereocenters. The van der Waals surface area contributed by atoms with E-state index in [4.69, 9.17) is 4.74 Å². The lowest BCUT2D eigenvalue weighted by Gasteiger charge is -2.38. The van der Waals surface area contributed by atoms with E-state index in [1.165, 1.54) is 125 Å². The molecule has 0 aliphatic carbocycles. The average Bonchev–Trinajstić information content (AvgIpc) is 2.97. The normalized spacial score (nSPS) is 13.0. The minimum absolute atomic E-state index is 0.0248. The first-order chi connectivity index (χ1) is 21.2. The van der Waals surface area contributed by atoms with Gasteiger partial charge in [0, 0.05) is 11.1 Å². The second-order valence-corrected chi connectivity index (χ2v) is 16.8. The lowest BCUT2D eigenvalue weighted by atomic mass is 9.69. The Morgan fingerprint density at radius 1 is 0.400 bits per heavy atom. The first-order valence-electron chi connectivity index (χ1n) is 19.1. The molecule has 2 aromatic rings. The summed E-state index contributed by atoms with van der Waals surface area (Å²) in [5.41, 5.74) is 6.08. The standard InChI is InChI=1S/C44H74O/c1-13-17-21-31-41(5,6)35-27-25-29-37(39(35)43(9,10)33-23-19-15-3)45-38-30-26-28-36(42(7,8)32-22-18-14-2)40(38)44(11,12)34-24-20-16-4/h25-30H,13-24,31-34H2,1-12H3. The van der Waals surface area contributed by atoms with E-state index in [1.54, 1.807) is 0 Å². The van der Waals surface area contributed by atoms with Gasteiger partial charge in [-0.2, -0.15) is 0 Å². The Bertz CT molecular complexity index is 1040. The Kier molecular flexibility index (Phi) is 15.7. The average molecular weight is 619 g/mol. The van der Waals surface area contributed by atoms with E-state index in [-0.39, 0.29) is 21.7 Å². The number of hydrogen-bond donors (Lipinski definition) is 0. The molecule has 0 aliphatic rings. The van der Waals surface area contributed by atoms with Crippen LogP contribution in [-0.4, -0.2) is 0 Å². The van der Waals surface area contributed by atoms with Gasteiger partial charge in [-0.25, -0.2) is 0 Å². The monoisotopic (exact) mass is 619 g/mol. The Balaban J connectivity index is 2.79. The number of unbranched alkanes of at least 4 members (excludes halogenated alkanes) is 8. The summed E-state index contributed by atoms with van der Waals surface area (Å²) in [6, 6.07) is 13.9. The SMILES string of the molecule is CCCCCC(C)(C)c1cccc(Oc2cccc(C(C)(C)CCCCC)c2C(C)(C)CCCCC)c1C(C)(C)CCCCC. The summed E-state index contributed by atoms with van der Waals surface area (Å²) in [4.78, 5) is 0. The molecule has 0 radical (unpaired) electrons. The Morgan fingerprint density at radius 2 is 0.689 bits per heavy atom.